The highest BCUT2D eigenvalue weighted by atomic mass is 16.2. The van der Waals surface area contributed by atoms with Crippen molar-refractivity contribution in [2.24, 2.45) is 13.0 Å². The third-order valence-electron chi connectivity index (χ3n) is 5.95. The summed E-state index contributed by atoms with van der Waals surface area (Å²) in [6, 6.07) is 8.72. The van der Waals surface area contributed by atoms with Crippen LogP contribution in [0.15, 0.2) is 55.1 Å². The maximum atomic E-state index is 13.2. The molecule has 33 heavy (non-hydrogen) atoms. The zero-order valence-electron chi connectivity index (χ0n) is 19.0. The van der Waals surface area contributed by atoms with E-state index in [0.717, 1.165) is 29.8 Å². The molecular formula is C25H30N6O2. The van der Waals surface area contributed by atoms with Crippen molar-refractivity contribution in [3.63, 3.8) is 0 Å². The van der Waals surface area contributed by atoms with Gasteiger partial charge < -0.3 is 16.0 Å². The molecule has 0 saturated heterocycles. The Hall–Kier alpha value is -3.68. The van der Waals surface area contributed by atoms with Crippen LogP contribution in [0.25, 0.3) is 0 Å². The summed E-state index contributed by atoms with van der Waals surface area (Å²) in [6.07, 6.45) is 11.9. The molecule has 1 aliphatic carbocycles. The SMILES string of the molecule is Cc1cc(Nc2ccncc2)cc(C(=O)N[C@@H](CC2CCCC2)C(=O)Nc2cnn(C)c2)c1. The minimum Gasteiger partial charge on any atom is -0.355 e. The monoisotopic (exact) mass is 446 g/mol. The molecule has 0 unspecified atom stereocenters. The van der Waals surface area contributed by atoms with E-state index in [-0.39, 0.29) is 11.8 Å². The van der Waals surface area contributed by atoms with E-state index in [1.165, 1.54) is 12.8 Å². The number of hydrogen-bond acceptors (Lipinski definition) is 5. The molecule has 4 rings (SSSR count). The van der Waals surface area contributed by atoms with Gasteiger partial charge in [0.25, 0.3) is 5.91 Å². The molecule has 1 atom stereocenters. The summed E-state index contributed by atoms with van der Waals surface area (Å²) in [6.45, 7) is 1.94. The maximum Gasteiger partial charge on any atom is 0.252 e. The fourth-order valence-corrected chi connectivity index (χ4v) is 4.36. The number of carbonyl (C=O) groups excluding carboxylic acids is 2. The zero-order valence-corrected chi connectivity index (χ0v) is 19.0. The molecule has 1 aliphatic rings. The summed E-state index contributed by atoms with van der Waals surface area (Å²) >= 11 is 0. The van der Waals surface area contributed by atoms with E-state index in [1.807, 2.05) is 31.2 Å². The van der Waals surface area contributed by atoms with Gasteiger partial charge in [-0.15, -0.1) is 0 Å². The van der Waals surface area contributed by atoms with Crippen LogP contribution in [0.2, 0.25) is 0 Å². The number of aromatic nitrogens is 3. The molecule has 0 aliphatic heterocycles. The van der Waals surface area contributed by atoms with E-state index in [9.17, 15) is 9.59 Å². The van der Waals surface area contributed by atoms with Gasteiger partial charge in [-0.05, 0) is 55.2 Å². The maximum absolute atomic E-state index is 13.2. The van der Waals surface area contributed by atoms with Crippen molar-refractivity contribution in [1.82, 2.24) is 20.1 Å². The van der Waals surface area contributed by atoms with Crippen LogP contribution in [0, 0.1) is 12.8 Å². The number of amides is 2. The van der Waals surface area contributed by atoms with Gasteiger partial charge in [-0.2, -0.15) is 5.10 Å². The van der Waals surface area contributed by atoms with Crippen molar-refractivity contribution in [3.8, 4) is 0 Å². The van der Waals surface area contributed by atoms with E-state index in [0.29, 0.717) is 23.6 Å². The van der Waals surface area contributed by atoms with Crippen LogP contribution in [0.1, 0.15) is 48.0 Å². The molecule has 1 fully saturated rings. The summed E-state index contributed by atoms with van der Waals surface area (Å²) in [5, 5.41) is 13.3. The standard InChI is InChI=1S/C25H30N6O2/c1-17-11-19(14-21(12-17)28-20-7-9-26-10-8-20)24(32)30-23(13-18-5-3-4-6-18)25(33)29-22-15-27-31(2)16-22/h7-12,14-16,18,23H,3-6,13H2,1-2H3,(H,26,28)(H,29,33)(H,30,32)/t23-/m0/s1. The molecule has 8 nitrogen and oxygen atoms in total. The zero-order chi connectivity index (χ0) is 23.2. The highest BCUT2D eigenvalue weighted by Gasteiger charge is 2.27. The number of rotatable bonds is 8. The van der Waals surface area contributed by atoms with Crippen molar-refractivity contribution in [2.75, 3.05) is 10.6 Å². The summed E-state index contributed by atoms with van der Waals surface area (Å²) in [5.74, 6) is -0.0387. The average molecular weight is 447 g/mol. The van der Waals surface area contributed by atoms with Crippen LogP contribution in [-0.4, -0.2) is 32.6 Å². The van der Waals surface area contributed by atoms with Crippen molar-refractivity contribution < 1.29 is 9.59 Å². The molecule has 1 aromatic carbocycles. The predicted octanol–water partition coefficient (Wildman–Crippen LogP) is 4.18. The van der Waals surface area contributed by atoms with Crippen LogP contribution in [0.5, 0.6) is 0 Å². The second kappa shape index (κ2) is 10.3. The fraction of sp³-hybridized carbons (Fsp3) is 0.360. The third kappa shape index (κ3) is 6.19. The average Bonchev–Trinajstić information content (AvgIpc) is 3.45. The van der Waals surface area contributed by atoms with Gasteiger partial charge in [-0.25, -0.2) is 0 Å². The summed E-state index contributed by atoms with van der Waals surface area (Å²) in [7, 11) is 1.79. The largest absolute Gasteiger partial charge is 0.355 e. The van der Waals surface area contributed by atoms with Gasteiger partial charge in [0.05, 0.1) is 11.9 Å². The van der Waals surface area contributed by atoms with Crippen LogP contribution in [0.3, 0.4) is 0 Å². The normalized spacial score (nSPS) is 14.6. The molecule has 0 bridgehead atoms. The lowest BCUT2D eigenvalue weighted by Crippen LogP contribution is -2.44. The first kappa shape index (κ1) is 22.5. The van der Waals surface area contributed by atoms with Crippen LogP contribution in [0.4, 0.5) is 17.1 Å². The van der Waals surface area contributed by atoms with Gasteiger partial charge in [-0.1, -0.05) is 25.7 Å². The topological polar surface area (TPSA) is 101 Å². The smallest absolute Gasteiger partial charge is 0.252 e. The Morgan fingerprint density at radius 2 is 1.85 bits per heavy atom. The minimum atomic E-state index is -0.613. The lowest BCUT2D eigenvalue weighted by atomic mass is 9.97. The number of hydrogen-bond donors (Lipinski definition) is 3. The highest BCUT2D eigenvalue weighted by molar-refractivity contribution is 6.01. The summed E-state index contributed by atoms with van der Waals surface area (Å²) < 4.78 is 1.63. The molecule has 2 aromatic heterocycles. The van der Waals surface area contributed by atoms with Crippen LogP contribution < -0.4 is 16.0 Å². The lowest BCUT2D eigenvalue weighted by molar-refractivity contribution is -0.118. The molecule has 0 radical (unpaired) electrons. The van der Waals surface area contributed by atoms with Crippen LogP contribution in [-0.2, 0) is 11.8 Å². The molecule has 8 heteroatoms. The van der Waals surface area contributed by atoms with Gasteiger partial charge in [-0.3, -0.25) is 19.3 Å². The predicted molar refractivity (Wildman–Crippen MR) is 128 cm³/mol. The number of nitrogens with zero attached hydrogens (tertiary/aromatic N) is 3. The molecule has 172 valence electrons. The second-order valence-electron chi connectivity index (χ2n) is 8.75. The summed E-state index contributed by atoms with van der Waals surface area (Å²) in [5.41, 5.74) is 3.77. The van der Waals surface area contributed by atoms with Crippen molar-refractivity contribution in [3.05, 3.63) is 66.2 Å². The Labute approximate surface area is 193 Å². The van der Waals surface area contributed by atoms with E-state index < -0.39 is 6.04 Å². The first-order valence-corrected chi connectivity index (χ1v) is 11.4. The number of aryl methyl sites for hydroxylation is 2. The van der Waals surface area contributed by atoms with Gasteiger partial charge in [0.1, 0.15) is 6.04 Å². The summed E-state index contributed by atoms with van der Waals surface area (Å²) in [4.78, 5) is 30.3. The van der Waals surface area contributed by atoms with Gasteiger partial charge in [0, 0.05) is 42.6 Å². The van der Waals surface area contributed by atoms with E-state index >= 15 is 0 Å². The lowest BCUT2D eigenvalue weighted by Gasteiger charge is -2.21. The molecule has 3 aromatic rings. The number of nitrogens with one attached hydrogen (secondary N) is 3. The quantitative estimate of drug-likeness (QED) is 0.482. The molecule has 1 saturated carbocycles. The number of pyridine rings is 1. The van der Waals surface area contributed by atoms with Crippen molar-refractivity contribution in [1.29, 1.82) is 0 Å². The highest BCUT2D eigenvalue weighted by Crippen LogP contribution is 2.29. The number of benzene rings is 1. The van der Waals surface area contributed by atoms with E-state index in [1.54, 1.807) is 42.6 Å². The molecular weight excluding hydrogens is 416 g/mol. The molecule has 2 amide bonds. The molecule has 0 spiro atoms. The van der Waals surface area contributed by atoms with Gasteiger partial charge >= 0.3 is 0 Å². The minimum absolute atomic E-state index is 0.217. The first-order chi connectivity index (χ1) is 16.0. The van der Waals surface area contributed by atoms with E-state index in [4.69, 9.17) is 0 Å². The Bertz CT molecular complexity index is 1110. The van der Waals surface area contributed by atoms with Crippen molar-refractivity contribution >= 4 is 28.9 Å². The molecule has 3 N–H and O–H groups in total. The van der Waals surface area contributed by atoms with Crippen molar-refractivity contribution in [2.45, 2.75) is 45.1 Å². The Morgan fingerprint density at radius 1 is 1.09 bits per heavy atom. The first-order valence-electron chi connectivity index (χ1n) is 11.4. The van der Waals surface area contributed by atoms with E-state index in [2.05, 4.69) is 26.0 Å². The third-order valence-corrected chi connectivity index (χ3v) is 5.95. The fourth-order valence-electron chi connectivity index (χ4n) is 4.36. The Balaban J connectivity index is 1.49. The van der Waals surface area contributed by atoms with Gasteiger partial charge in [0.15, 0.2) is 0 Å². The molecule has 2 heterocycles. The number of anilines is 3. The van der Waals surface area contributed by atoms with Gasteiger partial charge in [0.2, 0.25) is 5.91 Å². The van der Waals surface area contributed by atoms with Crippen LogP contribution >= 0.6 is 0 Å². The Kier molecular flexibility index (Phi) is 7.02. The number of carbonyl (C=O) groups is 2. The second-order valence-corrected chi connectivity index (χ2v) is 8.75. The Morgan fingerprint density at radius 3 is 2.55 bits per heavy atom.